The van der Waals surface area contributed by atoms with Gasteiger partial charge < -0.3 is 15.0 Å². The van der Waals surface area contributed by atoms with E-state index in [2.05, 4.69) is 24.1 Å². The second-order valence-corrected chi connectivity index (χ2v) is 6.22. The lowest BCUT2D eigenvalue weighted by atomic mass is 10.1. The summed E-state index contributed by atoms with van der Waals surface area (Å²) in [7, 11) is 0. The van der Waals surface area contributed by atoms with E-state index in [4.69, 9.17) is 4.74 Å². The number of nitrogens with zero attached hydrogens (tertiary/aromatic N) is 1. The molecule has 2 aliphatic rings. The van der Waals surface area contributed by atoms with E-state index in [1.807, 2.05) is 0 Å². The van der Waals surface area contributed by atoms with Crippen molar-refractivity contribution in [1.82, 2.24) is 10.2 Å². The van der Waals surface area contributed by atoms with Crippen molar-refractivity contribution in [2.24, 2.45) is 0 Å². The van der Waals surface area contributed by atoms with Crippen molar-refractivity contribution in [2.45, 2.75) is 57.6 Å². The van der Waals surface area contributed by atoms with E-state index in [-0.39, 0.29) is 5.54 Å². The third-order valence-corrected chi connectivity index (χ3v) is 3.90. The van der Waals surface area contributed by atoms with Gasteiger partial charge in [-0.25, -0.2) is 0 Å². The van der Waals surface area contributed by atoms with Crippen LogP contribution in [0.25, 0.3) is 0 Å². The van der Waals surface area contributed by atoms with E-state index in [1.54, 1.807) is 0 Å². The van der Waals surface area contributed by atoms with Crippen molar-refractivity contribution in [2.75, 3.05) is 32.8 Å². The summed E-state index contributed by atoms with van der Waals surface area (Å²) in [5, 5.41) is 3.62. The summed E-state index contributed by atoms with van der Waals surface area (Å²) < 4.78 is 5.68. The Balaban J connectivity index is 1.66. The molecule has 2 heterocycles. The van der Waals surface area contributed by atoms with E-state index in [1.165, 1.54) is 51.7 Å². The zero-order valence-electron chi connectivity index (χ0n) is 11.5. The fourth-order valence-corrected chi connectivity index (χ4v) is 3.03. The van der Waals surface area contributed by atoms with Crippen LogP contribution < -0.4 is 5.32 Å². The van der Waals surface area contributed by atoms with Gasteiger partial charge in [0, 0.05) is 18.7 Å². The average molecular weight is 240 g/mol. The highest BCUT2D eigenvalue weighted by Gasteiger charge is 2.24. The van der Waals surface area contributed by atoms with Gasteiger partial charge >= 0.3 is 0 Å². The van der Waals surface area contributed by atoms with Crippen LogP contribution in [-0.2, 0) is 4.74 Å². The molecule has 1 atom stereocenters. The van der Waals surface area contributed by atoms with Gasteiger partial charge in [0.15, 0.2) is 0 Å². The van der Waals surface area contributed by atoms with Gasteiger partial charge in [-0.05, 0) is 65.6 Å². The first-order valence-corrected chi connectivity index (χ1v) is 7.25. The molecule has 100 valence electrons. The molecule has 1 N–H and O–H groups in total. The molecule has 2 aliphatic heterocycles. The van der Waals surface area contributed by atoms with Gasteiger partial charge in [0.1, 0.15) is 0 Å². The van der Waals surface area contributed by atoms with Gasteiger partial charge in [-0.3, -0.25) is 0 Å². The Bertz CT molecular complexity index is 224. The van der Waals surface area contributed by atoms with E-state index < -0.39 is 0 Å². The van der Waals surface area contributed by atoms with Crippen molar-refractivity contribution < 1.29 is 4.74 Å². The molecule has 0 aromatic rings. The number of hydrogen-bond donors (Lipinski definition) is 1. The molecule has 1 unspecified atom stereocenters. The second kappa shape index (κ2) is 6.17. The Morgan fingerprint density at radius 1 is 1.35 bits per heavy atom. The number of nitrogens with one attached hydrogen (secondary N) is 1. The minimum absolute atomic E-state index is 0.278. The summed E-state index contributed by atoms with van der Waals surface area (Å²) in [6.45, 7) is 10.4. The fraction of sp³-hybridized carbons (Fsp3) is 1.00. The molecule has 0 aromatic carbocycles. The smallest absolute Gasteiger partial charge is 0.0576 e. The van der Waals surface area contributed by atoms with E-state index >= 15 is 0 Å². The molecule has 2 fully saturated rings. The highest BCUT2D eigenvalue weighted by atomic mass is 16.5. The van der Waals surface area contributed by atoms with E-state index in [0.717, 1.165) is 13.2 Å². The molecule has 0 saturated carbocycles. The third kappa shape index (κ3) is 4.57. The van der Waals surface area contributed by atoms with Crippen LogP contribution in [0.1, 0.15) is 46.0 Å². The Morgan fingerprint density at radius 2 is 2.24 bits per heavy atom. The molecular weight excluding hydrogens is 212 g/mol. The molecule has 0 aromatic heterocycles. The minimum atomic E-state index is 0.278. The molecule has 3 heteroatoms. The number of ether oxygens (including phenoxy) is 1. The van der Waals surface area contributed by atoms with Crippen LogP contribution >= 0.6 is 0 Å². The maximum atomic E-state index is 5.68. The first kappa shape index (κ1) is 13.3. The average Bonchev–Trinajstić information content (AvgIpc) is 2.70. The molecule has 0 spiro atoms. The van der Waals surface area contributed by atoms with Gasteiger partial charge in [-0.2, -0.15) is 0 Å². The molecule has 2 saturated heterocycles. The topological polar surface area (TPSA) is 24.5 Å². The van der Waals surface area contributed by atoms with Crippen molar-refractivity contribution in [1.29, 1.82) is 0 Å². The summed E-state index contributed by atoms with van der Waals surface area (Å²) in [4.78, 5) is 2.62. The summed E-state index contributed by atoms with van der Waals surface area (Å²) >= 11 is 0. The van der Waals surface area contributed by atoms with Crippen molar-refractivity contribution in [3.05, 3.63) is 0 Å². The summed E-state index contributed by atoms with van der Waals surface area (Å²) in [5.41, 5.74) is 0.278. The standard InChI is InChI=1S/C14H28N2O/c1-14(2)12-16(10-5-8-15-14)9-3-6-13-7-4-11-17-13/h13,15H,3-12H2,1-2H3. The van der Waals surface area contributed by atoms with Gasteiger partial charge in [0.25, 0.3) is 0 Å². The largest absolute Gasteiger partial charge is 0.378 e. The molecule has 0 radical (unpaired) electrons. The molecule has 2 rings (SSSR count). The van der Waals surface area contributed by atoms with Gasteiger partial charge in [-0.1, -0.05) is 0 Å². The Morgan fingerprint density at radius 3 is 3.00 bits per heavy atom. The summed E-state index contributed by atoms with van der Waals surface area (Å²) in [5.74, 6) is 0. The normalized spacial score (nSPS) is 30.4. The Labute approximate surface area is 106 Å². The zero-order valence-corrected chi connectivity index (χ0v) is 11.5. The molecule has 17 heavy (non-hydrogen) atoms. The highest BCUT2D eigenvalue weighted by molar-refractivity contribution is 4.84. The van der Waals surface area contributed by atoms with E-state index in [9.17, 15) is 0 Å². The highest BCUT2D eigenvalue weighted by Crippen LogP contribution is 2.18. The first-order valence-electron chi connectivity index (χ1n) is 7.25. The van der Waals surface area contributed by atoms with Gasteiger partial charge in [0.05, 0.1) is 6.10 Å². The maximum Gasteiger partial charge on any atom is 0.0576 e. The Kier molecular flexibility index (Phi) is 4.83. The number of hydrogen-bond acceptors (Lipinski definition) is 3. The molecule has 0 aliphatic carbocycles. The summed E-state index contributed by atoms with van der Waals surface area (Å²) in [6.07, 6.45) is 6.94. The molecular formula is C14H28N2O. The Hall–Kier alpha value is -0.120. The summed E-state index contributed by atoms with van der Waals surface area (Å²) in [6, 6.07) is 0. The van der Waals surface area contributed by atoms with Crippen LogP contribution in [0.4, 0.5) is 0 Å². The van der Waals surface area contributed by atoms with Crippen LogP contribution in [0.15, 0.2) is 0 Å². The molecule has 3 nitrogen and oxygen atoms in total. The quantitative estimate of drug-likeness (QED) is 0.813. The van der Waals surface area contributed by atoms with Crippen LogP contribution in [0.2, 0.25) is 0 Å². The van der Waals surface area contributed by atoms with Crippen molar-refractivity contribution >= 4 is 0 Å². The lowest BCUT2D eigenvalue weighted by molar-refractivity contribution is 0.0979. The fourth-order valence-electron chi connectivity index (χ4n) is 3.03. The third-order valence-electron chi connectivity index (χ3n) is 3.90. The maximum absolute atomic E-state index is 5.68. The molecule has 0 amide bonds. The monoisotopic (exact) mass is 240 g/mol. The van der Waals surface area contributed by atoms with Crippen LogP contribution in [0, 0.1) is 0 Å². The SMILES string of the molecule is CC1(C)CN(CCCC2CCCO2)CCCN1. The predicted molar refractivity (Wildman–Crippen MR) is 71.3 cm³/mol. The van der Waals surface area contributed by atoms with Crippen LogP contribution in [0.3, 0.4) is 0 Å². The van der Waals surface area contributed by atoms with Crippen LogP contribution in [-0.4, -0.2) is 49.3 Å². The van der Waals surface area contributed by atoms with E-state index in [0.29, 0.717) is 6.10 Å². The second-order valence-electron chi connectivity index (χ2n) is 6.22. The minimum Gasteiger partial charge on any atom is -0.378 e. The van der Waals surface area contributed by atoms with Crippen molar-refractivity contribution in [3.63, 3.8) is 0 Å². The first-order chi connectivity index (χ1) is 8.16. The molecule has 0 bridgehead atoms. The predicted octanol–water partition coefficient (Wildman–Crippen LogP) is 2.02. The van der Waals surface area contributed by atoms with Crippen LogP contribution in [0.5, 0.6) is 0 Å². The van der Waals surface area contributed by atoms with Gasteiger partial charge in [0.2, 0.25) is 0 Å². The number of rotatable bonds is 4. The zero-order chi connectivity index (χ0) is 12.1. The lowest BCUT2D eigenvalue weighted by Gasteiger charge is -2.30. The van der Waals surface area contributed by atoms with Gasteiger partial charge in [-0.15, -0.1) is 0 Å². The lowest BCUT2D eigenvalue weighted by Crippen LogP contribution is -2.46. The van der Waals surface area contributed by atoms with Crippen molar-refractivity contribution in [3.8, 4) is 0 Å².